The number of hydrogen-bond acceptors (Lipinski definition) is 3. The molecule has 2 aromatic rings. The molecule has 1 amide bonds. The van der Waals surface area contributed by atoms with Gasteiger partial charge in [0, 0.05) is 11.8 Å². The highest BCUT2D eigenvalue weighted by Crippen LogP contribution is 2.20. The van der Waals surface area contributed by atoms with E-state index >= 15 is 0 Å². The molecule has 128 valence electrons. The molecule has 6 nitrogen and oxygen atoms in total. The zero-order valence-corrected chi connectivity index (χ0v) is 14.5. The summed E-state index contributed by atoms with van der Waals surface area (Å²) in [7, 11) is 0. The Hall–Kier alpha value is -2.34. The molecule has 2 rings (SSSR count). The topological polar surface area (TPSA) is 84.2 Å². The third-order valence-corrected chi connectivity index (χ3v) is 3.84. The highest BCUT2D eigenvalue weighted by Gasteiger charge is 2.24. The molecule has 0 bridgehead atoms. The molecule has 0 aliphatic heterocycles. The first kappa shape index (κ1) is 18.0. The predicted molar refractivity (Wildman–Crippen MR) is 91.7 cm³/mol. The van der Waals surface area contributed by atoms with Crippen molar-refractivity contribution in [3.8, 4) is 5.69 Å². The van der Waals surface area contributed by atoms with Crippen molar-refractivity contribution >= 4 is 23.5 Å². The number of rotatable bonds is 6. The van der Waals surface area contributed by atoms with Crippen molar-refractivity contribution < 1.29 is 14.7 Å². The van der Waals surface area contributed by atoms with Crippen molar-refractivity contribution in [2.45, 2.75) is 33.2 Å². The summed E-state index contributed by atoms with van der Waals surface area (Å²) in [5, 5.41) is 16.6. The average molecular weight is 350 g/mol. The Bertz CT molecular complexity index is 755. The van der Waals surface area contributed by atoms with Crippen molar-refractivity contribution in [2.24, 2.45) is 5.92 Å². The minimum Gasteiger partial charge on any atom is -0.480 e. The van der Waals surface area contributed by atoms with Crippen LogP contribution in [0.3, 0.4) is 0 Å². The van der Waals surface area contributed by atoms with Gasteiger partial charge in [0.25, 0.3) is 5.91 Å². The Labute approximate surface area is 145 Å². The monoisotopic (exact) mass is 349 g/mol. The molecule has 0 spiro atoms. The number of aryl methyl sites for hydroxylation is 1. The van der Waals surface area contributed by atoms with E-state index < -0.39 is 17.9 Å². The molecule has 0 fully saturated rings. The summed E-state index contributed by atoms with van der Waals surface area (Å²) in [6.45, 7) is 5.55. The third kappa shape index (κ3) is 4.14. The number of hydrogen-bond donors (Lipinski definition) is 2. The molecular weight excluding hydrogens is 330 g/mol. The maximum atomic E-state index is 12.4. The van der Waals surface area contributed by atoms with Crippen LogP contribution in [0.1, 0.15) is 36.3 Å². The first-order valence-corrected chi connectivity index (χ1v) is 8.02. The molecule has 1 heterocycles. The molecule has 1 atom stereocenters. The normalized spacial score (nSPS) is 12.2. The van der Waals surface area contributed by atoms with E-state index in [-0.39, 0.29) is 11.6 Å². The summed E-state index contributed by atoms with van der Waals surface area (Å²) in [6.07, 6.45) is 2.04. The largest absolute Gasteiger partial charge is 0.480 e. The van der Waals surface area contributed by atoms with Gasteiger partial charge in [-0.2, -0.15) is 5.10 Å². The third-order valence-electron chi connectivity index (χ3n) is 3.52. The minimum atomic E-state index is -1.06. The number of para-hydroxylation sites is 1. The fourth-order valence-electron chi connectivity index (χ4n) is 2.36. The van der Waals surface area contributed by atoms with E-state index in [0.29, 0.717) is 22.7 Å². The average Bonchev–Trinajstić information content (AvgIpc) is 2.88. The van der Waals surface area contributed by atoms with Crippen molar-refractivity contribution in [2.75, 3.05) is 0 Å². The number of aliphatic carboxylic acids is 1. The van der Waals surface area contributed by atoms with E-state index in [9.17, 15) is 14.7 Å². The Morgan fingerprint density at radius 2 is 2.00 bits per heavy atom. The quantitative estimate of drug-likeness (QED) is 0.839. The van der Waals surface area contributed by atoms with Crippen LogP contribution in [-0.2, 0) is 4.79 Å². The number of carbonyl (C=O) groups is 2. The molecule has 7 heteroatoms. The van der Waals surface area contributed by atoms with Crippen molar-refractivity contribution in [3.05, 3.63) is 46.7 Å². The Kier molecular flexibility index (Phi) is 5.62. The molecule has 0 radical (unpaired) electrons. The van der Waals surface area contributed by atoms with Gasteiger partial charge in [0.1, 0.15) is 6.04 Å². The lowest BCUT2D eigenvalue weighted by atomic mass is 10.0. The fourth-order valence-corrected chi connectivity index (χ4v) is 2.59. The second kappa shape index (κ2) is 7.49. The van der Waals surface area contributed by atoms with E-state index in [2.05, 4.69) is 10.4 Å². The van der Waals surface area contributed by atoms with Gasteiger partial charge in [-0.15, -0.1) is 0 Å². The Morgan fingerprint density at radius 1 is 1.33 bits per heavy atom. The summed E-state index contributed by atoms with van der Waals surface area (Å²) >= 11 is 6.14. The van der Waals surface area contributed by atoms with Gasteiger partial charge in [0.05, 0.1) is 10.7 Å². The van der Waals surface area contributed by atoms with E-state index in [4.69, 9.17) is 11.6 Å². The SMILES string of the molecule is Cc1cn(-c2ccccc2Cl)nc1C(=O)N[C@@H](CC(C)C)C(=O)O. The summed E-state index contributed by atoms with van der Waals surface area (Å²) < 4.78 is 1.52. The summed E-state index contributed by atoms with van der Waals surface area (Å²) in [6, 6.07) is 6.20. The number of carboxylic acid groups (broad SMARTS) is 1. The van der Waals surface area contributed by atoms with Gasteiger partial charge in [-0.05, 0) is 31.4 Å². The van der Waals surface area contributed by atoms with Crippen LogP contribution in [0.15, 0.2) is 30.5 Å². The maximum absolute atomic E-state index is 12.4. The summed E-state index contributed by atoms with van der Waals surface area (Å²) in [4.78, 5) is 23.7. The Balaban J connectivity index is 2.25. The molecule has 0 aliphatic rings. The fraction of sp³-hybridized carbons (Fsp3) is 0.353. The van der Waals surface area contributed by atoms with Crippen molar-refractivity contribution in [1.82, 2.24) is 15.1 Å². The zero-order chi connectivity index (χ0) is 17.9. The Morgan fingerprint density at radius 3 is 2.58 bits per heavy atom. The smallest absolute Gasteiger partial charge is 0.326 e. The maximum Gasteiger partial charge on any atom is 0.326 e. The highest BCUT2D eigenvalue weighted by atomic mass is 35.5. The molecule has 0 saturated heterocycles. The van der Waals surface area contributed by atoms with Gasteiger partial charge in [-0.3, -0.25) is 4.79 Å². The number of aromatic nitrogens is 2. The van der Waals surface area contributed by atoms with Crippen LogP contribution in [0.2, 0.25) is 5.02 Å². The molecule has 0 unspecified atom stereocenters. The van der Waals surface area contributed by atoms with E-state index in [1.807, 2.05) is 19.9 Å². The lowest BCUT2D eigenvalue weighted by molar-refractivity contribution is -0.139. The molecule has 1 aromatic carbocycles. The van der Waals surface area contributed by atoms with Crippen LogP contribution in [-0.4, -0.2) is 32.8 Å². The van der Waals surface area contributed by atoms with Gasteiger partial charge >= 0.3 is 5.97 Å². The highest BCUT2D eigenvalue weighted by molar-refractivity contribution is 6.32. The van der Waals surface area contributed by atoms with Gasteiger partial charge in [0.2, 0.25) is 0 Å². The number of amides is 1. The van der Waals surface area contributed by atoms with Gasteiger partial charge in [0.15, 0.2) is 5.69 Å². The van der Waals surface area contributed by atoms with Crippen LogP contribution in [0.25, 0.3) is 5.69 Å². The van der Waals surface area contributed by atoms with Crippen LogP contribution in [0.4, 0.5) is 0 Å². The van der Waals surface area contributed by atoms with Crippen LogP contribution < -0.4 is 5.32 Å². The zero-order valence-electron chi connectivity index (χ0n) is 13.8. The standard InChI is InChI=1S/C17H20ClN3O3/c1-10(2)8-13(17(23)24)19-16(22)15-11(3)9-21(20-15)14-7-5-4-6-12(14)18/h4-7,9-10,13H,8H2,1-3H3,(H,19,22)(H,23,24)/t13-/m0/s1. The van der Waals surface area contributed by atoms with E-state index in [1.165, 1.54) is 4.68 Å². The second-order valence-electron chi connectivity index (χ2n) is 6.05. The molecule has 0 saturated carbocycles. The molecule has 2 N–H and O–H groups in total. The minimum absolute atomic E-state index is 0.146. The number of carbonyl (C=O) groups excluding carboxylic acids is 1. The van der Waals surface area contributed by atoms with Gasteiger partial charge in [-0.25, -0.2) is 9.48 Å². The summed E-state index contributed by atoms with van der Waals surface area (Å²) in [5.74, 6) is -1.42. The first-order valence-electron chi connectivity index (χ1n) is 7.64. The molecule has 24 heavy (non-hydrogen) atoms. The van der Waals surface area contributed by atoms with Crippen LogP contribution in [0.5, 0.6) is 0 Å². The molecule has 0 aliphatic carbocycles. The van der Waals surface area contributed by atoms with Crippen LogP contribution in [0, 0.1) is 12.8 Å². The molecule has 1 aromatic heterocycles. The van der Waals surface area contributed by atoms with Gasteiger partial charge in [-0.1, -0.05) is 37.6 Å². The van der Waals surface area contributed by atoms with Crippen LogP contribution >= 0.6 is 11.6 Å². The predicted octanol–water partition coefficient (Wildman–Crippen LogP) is 3.06. The number of nitrogens with one attached hydrogen (secondary N) is 1. The lowest BCUT2D eigenvalue weighted by Gasteiger charge is -2.15. The van der Waals surface area contributed by atoms with Gasteiger partial charge < -0.3 is 10.4 Å². The summed E-state index contributed by atoms with van der Waals surface area (Å²) in [5.41, 5.74) is 1.48. The number of halogens is 1. The number of nitrogens with zero attached hydrogens (tertiary/aromatic N) is 2. The van der Waals surface area contributed by atoms with E-state index in [1.54, 1.807) is 31.3 Å². The first-order chi connectivity index (χ1) is 11.3. The number of benzene rings is 1. The number of carboxylic acids is 1. The van der Waals surface area contributed by atoms with Crippen molar-refractivity contribution in [1.29, 1.82) is 0 Å². The van der Waals surface area contributed by atoms with Crippen molar-refractivity contribution in [3.63, 3.8) is 0 Å². The van der Waals surface area contributed by atoms with E-state index in [0.717, 1.165) is 0 Å². The lowest BCUT2D eigenvalue weighted by Crippen LogP contribution is -2.42. The molecular formula is C17H20ClN3O3. The second-order valence-corrected chi connectivity index (χ2v) is 6.46.